The van der Waals surface area contributed by atoms with Crippen molar-refractivity contribution in [2.45, 2.75) is 26.0 Å². The van der Waals surface area contributed by atoms with Crippen LogP contribution in [0.2, 0.25) is 0 Å². The number of nitrogens with zero attached hydrogens (tertiary/aromatic N) is 5. The number of hydrogen-bond acceptors (Lipinski definition) is 21. The number of carbonyl (C=O) groups is 8. The van der Waals surface area contributed by atoms with Gasteiger partial charge in [0.25, 0.3) is 29.5 Å². The molecule has 31 heteroatoms. The van der Waals surface area contributed by atoms with Crippen molar-refractivity contribution in [1.82, 2.24) is 36.7 Å². The van der Waals surface area contributed by atoms with Crippen molar-refractivity contribution in [2.24, 2.45) is 16.6 Å². The summed E-state index contributed by atoms with van der Waals surface area (Å²) < 4.78 is 24.3. The number of morpholine rings is 2. The minimum atomic E-state index is -0.947. The van der Waals surface area contributed by atoms with Gasteiger partial charge in [0.15, 0.2) is 36.2 Å². The van der Waals surface area contributed by atoms with Gasteiger partial charge in [-0.3, -0.25) is 59.1 Å². The molecule has 2 aromatic heterocycles. The van der Waals surface area contributed by atoms with E-state index in [1.165, 1.54) is 102 Å². The third kappa shape index (κ3) is 22.7. The van der Waals surface area contributed by atoms with Crippen LogP contribution in [0.3, 0.4) is 0 Å². The van der Waals surface area contributed by atoms with Crippen molar-refractivity contribution < 1.29 is 81.5 Å². The monoisotopic (exact) mass is 1200 g/mol. The predicted octanol–water partition coefficient (Wildman–Crippen LogP) is -2.46. The van der Waals surface area contributed by atoms with E-state index in [9.17, 15) is 43.5 Å². The molecule has 2 aliphatic rings. The lowest BCUT2D eigenvalue weighted by Crippen LogP contribution is -2.75. The number of hydrazine groups is 1. The Kier molecular flexibility index (Phi) is 26.6. The van der Waals surface area contributed by atoms with Gasteiger partial charge in [0, 0.05) is 98.0 Å². The Hall–Kier alpha value is -8.85. The lowest BCUT2D eigenvalue weighted by Gasteiger charge is -2.26. The minimum absolute atomic E-state index is 0.00133. The molecule has 456 valence electrons. The third-order valence-corrected chi connectivity index (χ3v) is 13.5. The summed E-state index contributed by atoms with van der Waals surface area (Å²) in [6, 6.07) is 12.0. The smallest absolute Gasteiger partial charge is 0.494 e. The van der Waals surface area contributed by atoms with Crippen LogP contribution in [0, 0.1) is 0 Å². The second-order valence-electron chi connectivity index (χ2n) is 18.9. The van der Waals surface area contributed by atoms with Gasteiger partial charge >= 0.3 is 23.6 Å². The van der Waals surface area contributed by atoms with Crippen LogP contribution in [0.1, 0.15) is 49.5 Å². The Morgan fingerprint density at radius 1 is 0.706 bits per heavy atom. The van der Waals surface area contributed by atoms with Gasteiger partial charge in [-0.2, -0.15) is 20.9 Å². The van der Waals surface area contributed by atoms with Gasteiger partial charge in [-0.1, -0.05) is 5.11 Å². The molecule has 0 aliphatic carbocycles. The first-order valence-corrected chi connectivity index (χ1v) is 28.2. The molecule has 0 unspecified atom stereocenters. The zero-order valence-corrected chi connectivity index (χ0v) is 48.0. The first-order valence-electron chi connectivity index (χ1n) is 27.0. The number of ether oxygens (including phenoxy) is 4. The number of benzene rings is 2. The van der Waals surface area contributed by atoms with E-state index in [-0.39, 0.29) is 59.5 Å². The number of nitrogens with two attached hydrogens (primary N) is 2. The summed E-state index contributed by atoms with van der Waals surface area (Å²) in [6.07, 6.45) is 8.41. The number of rotatable bonds is 31. The molecule has 4 aromatic rings. The van der Waals surface area contributed by atoms with Crippen LogP contribution in [-0.4, -0.2) is 180 Å². The largest absolute Gasteiger partial charge is 0.499 e. The first kappa shape index (κ1) is 65.3. The number of anilines is 3. The lowest BCUT2D eigenvalue weighted by atomic mass is 10.2. The lowest BCUT2D eigenvalue weighted by molar-refractivity contribution is -0.684. The molecule has 0 saturated carbocycles. The van der Waals surface area contributed by atoms with Crippen LogP contribution >= 0.6 is 11.8 Å². The number of hydroxylamine groups is 1. The van der Waals surface area contributed by atoms with Crippen molar-refractivity contribution in [3.63, 3.8) is 0 Å². The highest BCUT2D eigenvalue weighted by Gasteiger charge is 2.23. The molecule has 30 nitrogen and oxygen atoms in total. The van der Waals surface area contributed by atoms with Gasteiger partial charge in [-0.15, -0.1) is 0 Å². The number of aromatic nitrogens is 2. The number of nitrogens with one attached hydrogen (secondary N) is 9. The summed E-state index contributed by atoms with van der Waals surface area (Å²) in [6.45, 7) is 8.54. The van der Waals surface area contributed by atoms with E-state index in [4.69, 9.17) is 35.3 Å². The van der Waals surface area contributed by atoms with Crippen molar-refractivity contribution >= 4 is 88.0 Å². The Morgan fingerprint density at radius 3 is 1.99 bits per heavy atom. The zero-order chi connectivity index (χ0) is 60.9. The van der Waals surface area contributed by atoms with Crippen LogP contribution in [0.4, 0.5) is 22.7 Å². The average Bonchev–Trinajstić information content (AvgIpc) is 3.68. The van der Waals surface area contributed by atoms with E-state index in [0.717, 1.165) is 39.3 Å². The van der Waals surface area contributed by atoms with Crippen LogP contribution < -0.4 is 78.1 Å². The molecule has 8 amide bonds. The molecule has 0 spiro atoms. The quantitative estimate of drug-likeness (QED) is 0.00621. The number of amides is 8. The van der Waals surface area contributed by atoms with Gasteiger partial charge in [0.2, 0.25) is 12.7 Å². The van der Waals surface area contributed by atoms with Crippen LogP contribution in [0.25, 0.3) is 6.20 Å². The number of aliphatic hydroxyl groups excluding tert-OH is 1. The summed E-state index contributed by atoms with van der Waals surface area (Å²) in [7, 11) is 2.77. The molecule has 2 saturated heterocycles. The molecular formula is C54H73N16O14S+3. The molecular weight excluding hydrogens is 1130 g/mol. The molecule has 14 N–H and O–H groups in total. The SMILES string of the molecule is COc1cc(N/C(O)=C\[n+]2cc(CONCCSCCNC(=O)c3cc(C(N)=O)c[n+](CC(=O)Nc4ccc(NNC(=O)C(=O)NCCCN5CCOCC5)c(OC)c4)c3)cc(C(N)=O)c2)ccc1N=[NH+]C(=O)C(=O)NCCCN1CCOCC1. The number of methoxy groups -OCH3 is 2. The summed E-state index contributed by atoms with van der Waals surface area (Å²) in [5.74, 6) is -4.85. The number of carbonyl (C=O) groups excluding carboxylic acids is 8. The first-order chi connectivity index (χ1) is 41.1. The third-order valence-electron chi connectivity index (χ3n) is 12.5. The fourth-order valence-corrected chi connectivity index (χ4v) is 8.95. The molecule has 2 aliphatic heterocycles. The number of primary amides is 2. The van der Waals surface area contributed by atoms with Crippen LogP contribution in [0.15, 0.2) is 84.3 Å². The molecule has 85 heavy (non-hydrogen) atoms. The molecule has 4 heterocycles. The highest BCUT2D eigenvalue weighted by Crippen LogP contribution is 2.30. The Balaban J connectivity index is 0.888. The van der Waals surface area contributed by atoms with Crippen molar-refractivity contribution in [3.05, 3.63) is 101 Å². The normalized spacial score (nSPS) is 13.7. The van der Waals surface area contributed by atoms with Crippen molar-refractivity contribution in [3.8, 4) is 11.5 Å². The van der Waals surface area contributed by atoms with Gasteiger partial charge in [0.1, 0.15) is 22.4 Å². The molecule has 2 aromatic carbocycles. The minimum Gasteiger partial charge on any atom is -0.494 e. The Morgan fingerprint density at radius 2 is 1.32 bits per heavy atom. The van der Waals surface area contributed by atoms with E-state index in [2.05, 4.69) is 62.9 Å². The fraction of sp³-hybridized carbons (Fsp3) is 0.407. The Bertz CT molecular complexity index is 3050. The van der Waals surface area contributed by atoms with E-state index >= 15 is 0 Å². The summed E-state index contributed by atoms with van der Waals surface area (Å²) >= 11 is 1.51. The fourth-order valence-electron chi connectivity index (χ4n) is 8.27. The van der Waals surface area contributed by atoms with Gasteiger partial charge in [-0.05, 0) is 62.3 Å². The van der Waals surface area contributed by atoms with Crippen LogP contribution in [0.5, 0.6) is 11.5 Å². The zero-order valence-electron chi connectivity index (χ0n) is 47.2. The second-order valence-corrected chi connectivity index (χ2v) is 20.1. The molecule has 0 bridgehead atoms. The maximum atomic E-state index is 13.2. The van der Waals surface area contributed by atoms with Gasteiger partial charge in [-0.25, -0.2) is 10.3 Å². The van der Waals surface area contributed by atoms with E-state index in [1.54, 1.807) is 12.3 Å². The number of azo groups is 1. The van der Waals surface area contributed by atoms with E-state index in [1.807, 2.05) is 0 Å². The maximum absolute atomic E-state index is 13.2. The van der Waals surface area contributed by atoms with Gasteiger partial charge in [0.05, 0.1) is 52.9 Å². The predicted molar refractivity (Wildman–Crippen MR) is 307 cm³/mol. The van der Waals surface area contributed by atoms with E-state index in [0.29, 0.717) is 93.0 Å². The maximum Gasteiger partial charge on any atom is 0.499 e. The summed E-state index contributed by atoms with van der Waals surface area (Å²) in [4.78, 5) is 110. The van der Waals surface area contributed by atoms with E-state index < -0.39 is 47.3 Å². The number of thioether (sulfide) groups is 1. The molecule has 0 atom stereocenters. The highest BCUT2D eigenvalue weighted by molar-refractivity contribution is 7.99. The number of aliphatic hydroxyl groups is 1. The standard InChI is InChI=1S/C54H70N16O14S/c1-80-44-27-40(5-7-42(44)63-65-53(78)51(76)57-9-3-13-67-15-19-82-20-16-67)61-46(71)33-69-29-36(25-37(30-69)48(55)73)35-84-60-12-24-85-23-11-59-50(75)39-26-38(49(56)74)31-70(32-39)34-47(72)62-41-6-8-43(45(28-41)81-2)64-66-54(79)52(77)58-10-4-14-68-17-21-83-22-18-68/h5-8,25-33,60H,3-4,9-24,34-35H2,1-2H3,(H10-2,55,56,57,58,59,61,62,63,64,65,66,71,72,73,74,75,76,77,78,79)/p+3/b46-33+. The topological polar surface area (TPSA) is 392 Å². The van der Waals surface area contributed by atoms with Crippen LogP contribution in [-0.2, 0) is 51.4 Å². The number of hydrogen-bond donors (Lipinski definition) is 12. The van der Waals surface area contributed by atoms with Gasteiger partial charge < -0.3 is 62.1 Å². The summed E-state index contributed by atoms with van der Waals surface area (Å²) in [5, 5.41) is 30.6. The Labute approximate surface area is 493 Å². The molecule has 2 fully saturated rings. The van der Waals surface area contributed by atoms with Crippen molar-refractivity contribution in [1.29, 1.82) is 0 Å². The second kappa shape index (κ2) is 34.7. The number of pyridine rings is 2. The summed E-state index contributed by atoms with van der Waals surface area (Å²) in [5.41, 5.74) is 21.0. The van der Waals surface area contributed by atoms with Crippen molar-refractivity contribution in [2.75, 3.05) is 134 Å². The molecule has 0 radical (unpaired) electrons. The average molecular weight is 1200 g/mol. The highest BCUT2D eigenvalue weighted by atomic mass is 32.2. The molecule has 6 rings (SSSR count).